The molecule has 0 N–H and O–H groups in total. The van der Waals surface area contributed by atoms with E-state index in [0.717, 1.165) is 19.0 Å². The first-order valence-electron chi connectivity index (χ1n) is 6.79. The zero-order valence-corrected chi connectivity index (χ0v) is 21.3. The Labute approximate surface area is 271 Å². The van der Waals surface area contributed by atoms with E-state index in [1.54, 1.807) is 0 Å². The van der Waals surface area contributed by atoms with Gasteiger partial charge in [-0.1, -0.05) is 152 Å². The molecule has 0 aromatic heterocycles. The van der Waals surface area contributed by atoms with Crippen molar-refractivity contribution in [2.75, 3.05) is 0 Å². The summed E-state index contributed by atoms with van der Waals surface area (Å²) in [6.07, 6.45) is 9.99. The predicted octanol–water partition coefficient (Wildman–Crippen LogP) is 13.5. The minimum Gasteiger partial charge on any atom is 0 e. The summed E-state index contributed by atoms with van der Waals surface area (Å²) in [6, 6.07) is 0. The molecule has 0 atom stereocenters. The van der Waals surface area contributed by atoms with E-state index in [2.05, 4.69) is 28.1 Å². The molecule has 0 unspecified atom stereocenters. The van der Waals surface area contributed by atoms with Crippen LogP contribution in [-0.2, 0) is 0 Å². The maximum absolute atomic E-state index is 5.68. The summed E-state index contributed by atoms with van der Waals surface area (Å²) >= 11 is 1.22. The van der Waals surface area contributed by atoms with Crippen LogP contribution < -0.4 is 0 Å². The summed E-state index contributed by atoms with van der Waals surface area (Å²) < 4.78 is 1.50. The van der Waals surface area contributed by atoms with Crippen molar-refractivity contribution in [2.24, 2.45) is 0 Å². The maximum atomic E-state index is 5.68. The van der Waals surface area contributed by atoms with Gasteiger partial charge in [0.15, 0.2) is 0 Å². The topological polar surface area (TPSA) is 0 Å². The third-order valence-electron chi connectivity index (χ3n) is 2.44. The van der Waals surface area contributed by atoms with Gasteiger partial charge >= 0.3 is 62.4 Å². The molecule has 0 amide bonds. The molecular weight excluding hydrogens is 807 g/mol. The zero-order chi connectivity index (χ0) is 12.6. The van der Waals surface area contributed by atoms with E-state index in [9.17, 15) is 0 Å². The first-order chi connectivity index (χ1) is 7.72. The quantitative estimate of drug-likeness (QED) is 0.123. The van der Waals surface area contributed by atoms with Gasteiger partial charge in [-0.15, -0.1) is 6.22 Å². The zero-order valence-electron chi connectivity index (χ0n) is 12.0. The summed E-state index contributed by atoms with van der Waals surface area (Å²) in [5.74, 6) is 0. The summed E-state index contributed by atoms with van der Waals surface area (Å²) in [7, 11) is 7.97. The van der Waals surface area contributed by atoms with Gasteiger partial charge in [-0.2, -0.15) is 0 Å². The van der Waals surface area contributed by atoms with Gasteiger partial charge in [-0.05, 0) is 0 Å². The minimum absolute atomic E-state index is 0. The Kier molecular flexibility index (Phi) is 775. The van der Waals surface area contributed by atoms with Gasteiger partial charge in [0.25, 0.3) is 0 Å². The number of rotatable bonds is 9. The molecule has 6 radical (unpaired) electrons. The van der Waals surface area contributed by atoms with Gasteiger partial charge in [0.1, 0.15) is 7.28 Å². The molecule has 33 heavy (non-hydrogen) atoms. The van der Waals surface area contributed by atoms with E-state index in [-0.39, 0.29) is 151 Å². The van der Waals surface area contributed by atoms with Gasteiger partial charge in [0.05, 0.1) is 6.60 Å². The van der Waals surface area contributed by atoms with Crippen molar-refractivity contribution >= 4 is 47.4 Å². The van der Waals surface area contributed by atoms with Crippen molar-refractivity contribution in [1.82, 2.24) is 0 Å². The fourth-order valence-electron chi connectivity index (χ4n) is 1.20. The molecule has 0 bridgehead atoms. The molecule has 0 aromatic rings. The monoisotopic (exact) mass is 900 g/mol. The Morgan fingerprint density at radius 1 is 0.667 bits per heavy atom. The van der Waals surface area contributed by atoms with Crippen molar-refractivity contribution in [3.8, 4) is 0 Å². The van der Waals surface area contributed by atoms with E-state index in [1.165, 1.54) is 61.8 Å². The Morgan fingerprint density at radius 2 is 1.00 bits per heavy atom. The summed E-state index contributed by atoms with van der Waals surface area (Å²) in [5, 5.41) is 0. The van der Waals surface area contributed by atoms with Crippen LogP contribution in [-0.4, -0.2) is 47.4 Å². The molecule has 220 valence electrons. The van der Waals surface area contributed by atoms with Crippen molar-refractivity contribution in [3.63, 3.8) is 0 Å². The van der Waals surface area contributed by atoms with Crippen LogP contribution in [0.3, 0.4) is 0 Å². The third kappa shape index (κ3) is 203. The Morgan fingerprint density at radius 3 is 1.21 bits per heavy atom. The summed E-state index contributed by atoms with van der Waals surface area (Å²) in [6.45, 7) is 8.49. The molecule has 0 saturated carbocycles. The predicted molar refractivity (Wildman–Crippen MR) is 191 cm³/mol. The second-order valence-electron chi connectivity index (χ2n) is 4.18. The average molecular weight is 899 g/mol. The van der Waals surface area contributed by atoms with Gasteiger partial charge in [-0.25, -0.2) is 0 Å². The van der Waals surface area contributed by atoms with E-state index < -0.39 is 0 Å². The molecular formula is C28H91B3PaPb-. The Hall–Kier alpha value is 2.21. The van der Waals surface area contributed by atoms with Crippen LogP contribution in [0.5, 0.6) is 0 Å². The van der Waals surface area contributed by atoms with Gasteiger partial charge in [-0.3, -0.25) is 0 Å². The fourth-order valence-corrected chi connectivity index (χ4v) is 2.32. The SMILES string of the molecule is C.C.C.C.C.C.C.C.C.C.C.C.C.C.C.C.[B]B(CC)C[B]CCC.[CH2-]CCCC[CH2][PbH].[Pa]. The van der Waals surface area contributed by atoms with Crippen LogP contribution in [0.15, 0.2) is 0 Å². The number of hydrogen-bond acceptors (Lipinski definition) is 0. The van der Waals surface area contributed by atoms with Crippen LogP contribution in [0.1, 0.15) is 165 Å². The average Bonchev–Trinajstić information content (AvgIpc) is 2.31. The van der Waals surface area contributed by atoms with Crippen LogP contribution in [0, 0.1) is 39.2 Å². The molecule has 0 spiro atoms. The number of hydrogen-bond donors (Lipinski definition) is 0. The smallest absolute Gasteiger partial charge is 0 e. The molecule has 0 heterocycles. The second kappa shape index (κ2) is 163. The third-order valence-corrected chi connectivity index (χ3v) is 4.03. The minimum atomic E-state index is 0. The van der Waals surface area contributed by atoms with Crippen LogP contribution in [0.25, 0.3) is 0 Å². The Balaban J connectivity index is -0.00000000465. The molecule has 0 saturated heterocycles. The van der Waals surface area contributed by atoms with Gasteiger partial charge in [0, 0.05) is 40.0 Å². The van der Waals surface area contributed by atoms with Gasteiger partial charge in [0.2, 0.25) is 0 Å². The maximum Gasteiger partial charge on any atom is 0 e. The normalized spacial score (nSPS) is 4.48. The molecule has 0 aliphatic rings. The van der Waals surface area contributed by atoms with E-state index in [4.69, 9.17) is 7.74 Å². The molecule has 0 aromatic carbocycles. The Bertz CT molecular complexity index is 119. The first kappa shape index (κ1) is 157. The van der Waals surface area contributed by atoms with Crippen molar-refractivity contribution in [3.05, 3.63) is 6.92 Å². The van der Waals surface area contributed by atoms with Crippen molar-refractivity contribution in [1.29, 1.82) is 0 Å². The van der Waals surface area contributed by atoms with E-state index in [0.29, 0.717) is 6.60 Å². The molecule has 5 heteroatoms. The van der Waals surface area contributed by atoms with E-state index >= 15 is 0 Å². The molecule has 0 aliphatic carbocycles. The largest absolute Gasteiger partial charge is 0 e. The summed E-state index contributed by atoms with van der Waals surface area (Å²) in [4.78, 5) is 0. The first-order valence-corrected chi connectivity index (χ1v) is 9.96. The second-order valence-corrected chi connectivity index (χ2v) is 6.43. The molecule has 0 rings (SSSR count). The summed E-state index contributed by atoms with van der Waals surface area (Å²) in [5.41, 5.74) is 0. The molecule has 0 aliphatic heterocycles. The van der Waals surface area contributed by atoms with Crippen LogP contribution in [0.2, 0.25) is 22.8 Å². The van der Waals surface area contributed by atoms with Crippen LogP contribution >= 0.6 is 0 Å². The standard InChI is InChI=1S/C6H14B3.C6H12.16CH4.Pa.Pb.H/c1-3-5-8-6-9(7)4-2;1-3-5-6-4-2;;;;;;;;;;;;;;;;;;;/h3-6H2,1-2H3;1-6H2;16*1H4;;;/q;-1;;;;;;;;;;;;;;;;;;;. The van der Waals surface area contributed by atoms with Crippen molar-refractivity contribution < 1.29 is 32.3 Å². The molecule has 0 nitrogen and oxygen atoms in total. The number of unbranched alkanes of at least 4 members (excludes halogenated alkanes) is 3. The van der Waals surface area contributed by atoms with Crippen molar-refractivity contribution in [2.45, 2.75) is 188 Å². The fraction of sp³-hybridized carbons (Fsp3) is 0.964. The van der Waals surface area contributed by atoms with Gasteiger partial charge < -0.3 is 0 Å². The molecule has 0 fully saturated rings. The van der Waals surface area contributed by atoms with Crippen LogP contribution in [0.4, 0.5) is 0 Å². The van der Waals surface area contributed by atoms with E-state index in [1.807, 2.05) is 0 Å².